The monoisotopic (exact) mass is 535 g/mol. The molecule has 10 heteroatoms. The van der Waals surface area contributed by atoms with Crippen LogP contribution < -0.4 is 4.90 Å². The predicted octanol–water partition coefficient (Wildman–Crippen LogP) is 3.47. The number of hydrogen-bond donors (Lipinski definition) is 1. The number of hydrogen-bond acceptors (Lipinski definition) is 9. The number of aromatic nitrogens is 2. The van der Waals surface area contributed by atoms with Crippen molar-refractivity contribution in [3.05, 3.63) is 47.4 Å². The SMILES string of the molecule is CC=CC(=O)CCC(=O)N1CCN(Cc2cc3nc(-c4cccc(O)c4)nc(N4CCOCC4)c3s2)CC1. The minimum absolute atomic E-state index is 0.00369. The van der Waals surface area contributed by atoms with Gasteiger partial charge in [0.2, 0.25) is 5.91 Å². The van der Waals surface area contributed by atoms with Gasteiger partial charge in [-0.05, 0) is 31.2 Å². The lowest BCUT2D eigenvalue weighted by molar-refractivity contribution is -0.134. The van der Waals surface area contributed by atoms with Gasteiger partial charge in [-0.15, -0.1) is 11.3 Å². The van der Waals surface area contributed by atoms with Crippen LogP contribution in [0.5, 0.6) is 5.75 Å². The molecule has 5 rings (SSSR count). The Kier molecular flexibility index (Phi) is 8.31. The molecule has 38 heavy (non-hydrogen) atoms. The molecule has 0 unspecified atom stereocenters. The van der Waals surface area contributed by atoms with Gasteiger partial charge in [0.25, 0.3) is 0 Å². The molecule has 0 saturated carbocycles. The molecule has 2 aromatic heterocycles. The van der Waals surface area contributed by atoms with Gasteiger partial charge >= 0.3 is 0 Å². The van der Waals surface area contributed by atoms with Gasteiger partial charge in [-0.1, -0.05) is 18.2 Å². The van der Waals surface area contributed by atoms with E-state index in [2.05, 4.69) is 15.9 Å². The first-order valence-electron chi connectivity index (χ1n) is 13.1. The average Bonchev–Trinajstić information content (AvgIpc) is 3.34. The lowest BCUT2D eigenvalue weighted by Gasteiger charge is -2.34. The fourth-order valence-electron chi connectivity index (χ4n) is 4.84. The number of thiophene rings is 1. The third-order valence-corrected chi connectivity index (χ3v) is 7.97. The smallest absolute Gasteiger partial charge is 0.223 e. The van der Waals surface area contributed by atoms with Crippen LogP contribution >= 0.6 is 11.3 Å². The number of carbonyl (C=O) groups is 2. The number of aromatic hydroxyl groups is 1. The van der Waals surface area contributed by atoms with E-state index < -0.39 is 0 Å². The highest BCUT2D eigenvalue weighted by molar-refractivity contribution is 7.19. The number of piperazine rings is 1. The van der Waals surface area contributed by atoms with E-state index >= 15 is 0 Å². The van der Waals surface area contributed by atoms with Crippen molar-refractivity contribution in [2.45, 2.75) is 26.3 Å². The van der Waals surface area contributed by atoms with E-state index in [9.17, 15) is 14.7 Å². The van der Waals surface area contributed by atoms with E-state index in [1.54, 1.807) is 42.5 Å². The lowest BCUT2D eigenvalue weighted by Crippen LogP contribution is -2.48. The van der Waals surface area contributed by atoms with Gasteiger partial charge < -0.3 is 19.6 Å². The molecule has 1 aromatic carbocycles. The molecule has 1 amide bonds. The molecule has 9 nitrogen and oxygen atoms in total. The van der Waals surface area contributed by atoms with E-state index in [0.717, 1.165) is 54.3 Å². The topological polar surface area (TPSA) is 99.1 Å². The number of carbonyl (C=O) groups excluding carboxylic acids is 2. The molecule has 0 spiro atoms. The van der Waals surface area contributed by atoms with Crippen LogP contribution in [0.4, 0.5) is 5.82 Å². The van der Waals surface area contributed by atoms with Crippen LogP contribution in [0, 0.1) is 0 Å². The van der Waals surface area contributed by atoms with Crippen LogP contribution in [-0.2, 0) is 20.9 Å². The number of ether oxygens (including phenoxy) is 1. The first-order valence-corrected chi connectivity index (χ1v) is 13.9. The Morgan fingerprint density at radius 3 is 2.58 bits per heavy atom. The summed E-state index contributed by atoms with van der Waals surface area (Å²) in [5.74, 6) is 1.74. The zero-order valence-corrected chi connectivity index (χ0v) is 22.5. The largest absolute Gasteiger partial charge is 0.508 e. The number of anilines is 1. The van der Waals surface area contributed by atoms with E-state index in [1.807, 2.05) is 11.0 Å². The molecule has 1 N–H and O–H groups in total. The zero-order valence-electron chi connectivity index (χ0n) is 21.6. The first-order chi connectivity index (χ1) is 18.5. The number of rotatable bonds is 8. The Bertz CT molecular complexity index is 1330. The molecular weight excluding hydrogens is 502 g/mol. The summed E-state index contributed by atoms with van der Waals surface area (Å²) >= 11 is 1.72. The number of fused-ring (bicyclic) bond motifs is 1. The zero-order chi connectivity index (χ0) is 26.5. The van der Waals surface area contributed by atoms with Crippen molar-refractivity contribution in [2.24, 2.45) is 0 Å². The molecule has 0 aliphatic carbocycles. The molecule has 0 radical (unpaired) electrons. The Balaban J connectivity index is 1.30. The summed E-state index contributed by atoms with van der Waals surface area (Å²) in [6.07, 6.45) is 3.77. The molecule has 2 saturated heterocycles. The maximum Gasteiger partial charge on any atom is 0.223 e. The maximum absolute atomic E-state index is 12.5. The summed E-state index contributed by atoms with van der Waals surface area (Å²) in [5.41, 5.74) is 1.68. The Morgan fingerprint density at radius 2 is 1.84 bits per heavy atom. The van der Waals surface area contributed by atoms with Gasteiger partial charge in [-0.2, -0.15) is 0 Å². The fraction of sp³-hybridized carbons (Fsp3) is 0.429. The number of benzene rings is 1. The molecule has 4 heterocycles. The molecule has 0 bridgehead atoms. The molecule has 3 aromatic rings. The quantitative estimate of drug-likeness (QED) is 0.438. The maximum atomic E-state index is 12.5. The normalized spacial score (nSPS) is 17.0. The molecule has 2 aliphatic rings. The summed E-state index contributed by atoms with van der Waals surface area (Å²) in [4.78, 5) is 41.7. The van der Waals surface area contributed by atoms with Crippen molar-refractivity contribution in [2.75, 3.05) is 57.4 Å². The van der Waals surface area contributed by atoms with Crippen molar-refractivity contribution in [3.8, 4) is 17.1 Å². The lowest BCUT2D eigenvalue weighted by atomic mass is 10.2. The minimum Gasteiger partial charge on any atom is -0.508 e. The summed E-state index contributed by atoms with van der Waals surface area (Å²) < 4.78 is 6.62. The third kappa shape index (κ3) is 6.20. The van der Waals surface area contributed by atoms with Crippen molar-refractivity contribution >= 4 is 39.1 Å². The van der Waals surface area contributed by atoms with Gasteiger partial charge in [0.05, 0.1) is 23.4 Å². The van der Waals surface area contributed by atoms with Gasteiger partial charge in [0, 0.05) is 69.1 Å². The number of phenols is 1. The van der Waals surface area contributed by atoms with E-state index in [1.165, 1.54) is 11.0 Å². The van der Waals surface area contributed by atoms with Gasteiger partial charge in [0.15, 0.2) is 17.4 Å². The number of phenolic OH excluding ortho intramolecular Hbond substituents is 1. The number of amides is 1. The van der Waals surface area contributed by atoms with E-state index in [0.29, 0.717) is 32.1 Å². The number of ketones is 1. The Hall–Kier alpha value is -3.34. The summed E-state index contributed by atoms with van der Waals surface area (Å²) in [6, 6.07) is 9.19. The Labute approximate surface area is 226 Å². The first kappa shape index (κ1) is 26.3. The highest BCUT2D eigenvalue weighted by atomic mass is 32.1. The summed E-state index contributed by atoms with van der Waals surface area (Å²) in [6.45, 7) is 8.38. The van der Waals surface area contributed by atoms with E-state index in [4.69, 9.17) is 14.7 Å². The number of allylic oxidation sites excluding steroid dienone is 2. The highest BCUT2D eigenvalue weighted by Gasteiger charge is 2.24. The van der Waals surface area contributed by atoms with Crippen molar-refractivity contribution in [1.29, 1.82) is 0 Å². The van der Waals surface area contributed by atoms with Gasteiger partial charge in [-0.25, -0.2) is 9.97 Å². The van der Waals surface area contributed by atoms with Crippen LogP contribution in [0.2, 0.25) is 0 Å². The fourth-order valence-corrected chi connectivity index (χ4v) is 5.99. The second-order valence-electron chi connectivity index (χ2n) is 9.57. The second-order valence-corrected chi connectivity index (χ2v) is 10.7. The summed E-state index contributed by atoms with van der Waals surface area (Å²) in [7, 11) is 0. The number of morpholine rings is 1. The van der Waals surface area contributed by atoms with Crippen molar-refractivity contribution in [1.82, 2.24) is 19.8 Å². The van der Waals surface area contributed by atoms with Crippen LogP contribution in [0.1, 0.15) is 24.6 Å². The van der Waals surface area contributed by atoms with Crippen LogP contribution in [-0.4, -0.2) is 89.0 Å². The molecular formula is C28H33N5O4S. The van der Waals surface area contributed by atoms with Crippen LogP contribution in [0.15, 0.2) is 42.5 Å². The standard InChI is InChI=1S/C28H33N5O4S/c1-2-4-21(34)7-8-25(36)32-11-9-31(10-12-32)19-23-18-24-26(38-23)28(33-13-15-37-16-14-33)30-27(29-24)20-5-3-6-22(35)17-20/h2-6,17-18,35H,7-16,19H2,1H3. The van der Waals surface area contributed by atoms with Gasteiger partial charge in [-0.3, -0.25) is 14.5 Å². The predicted molar refractivity (Wildman–Crippen MR) is 148 cm³/mol. The van der Waals surface area contributed by atoms with Crippen LogP contribution in [0.3, 0.4) is 0 Å². The third-order valence-electron chi connectivity index (χ3n) is 6.86. The Morgan fingerprint density at radius 1 is 1.05 bits per heavy atom. The van der Waals surface area contributed by atoms with Crippen molar-refractivity contribution in [3.63, 3.8) is 0 Å². The highest BCUT2D eigenvalue weighted by Crippen LogP contribution is 2.35. The molecule has 2 fully saturated rings. The number of nitrogens with zero attached hydrogens (tertiary/aromatic N) is 5. The average molecular weight is 536 g/mol. The molecule has 2 aliphatic heterocycles. The molecule has 200 valence electrons. The van der Waals surface area contributed by atoms with Gasteiger partial charge in [0.1, 0.15) is 5.75 Å². The van der Waals surface area contributed by atoms with Crippen LogP contribution in [0.25, 0.3) is 21.6 Å². The minimum atomic E-state index is -0.00369. The van der Waals surface area contributed by atoms with Crippen molar-refractivity contribution < 1.29 is 19.4 Å². The molecule has 0 atom stereocenters. The van der Waals surface area contributed by atoms with E-state index in [-0.39, 0.29) is 30.3 Å². The summed E-state index contributed by atoms with van der Waals surface area (Å²) in [5, 5.41) is 9.99. The second kappa shape index (κ2) is 12.0.